The average molecular weight is 346 g/mol. The van der Waals surface area contributed by atoms with Gasteiger partial charge in [0, 0.05) is 38.3 Å². The standard InChI is InChI=1S/C16H22N6OS/c1-20-12-18-14(19-20)15(23)22-7-3-16(4-8-22)2-6-21(11-16)10-13-17-5-9-24-13/h5,9,12H,2-4,6-8,10-11H2,1H3. The number of piperidine rings is 1. The van der Waals surface area contributed by atoms with Gasteiger partial charge in [0.2, 0.25) is 5.82 Å². The molecule has 0 radical (unpaired) electrons. The molecule has 0 N–H and O–H groups in total. The van der Waals surface area contributed by atoms with Crippen LogP contribution in [0, 0.1) is 5.41 Å². The number of carbonyl (C=O) groups excluding carboxylic acids is 1. The zero-order chi connectivity index (χ0) is 16.6. The summed E-state index contributed by atoms with van der Waals surface area (Å²) in [5.74, 6) is 0.272. The number of aryl methyl sites for hydroxylation is 1. The Morgan fingerprint density at radius 2 is 2.04 bits per heavy atom. The second kappa shape index (κ2) is 6.25. The summed E-state index contributed by atoms with van der Waals surface area (Å²) in [6, 6.07) is 0. The quantitative estimate of drug-likeness (QED) is 0.840. The Morgan fingerprint density at radius 1 is 1.25 bits per heavy atom. The fourth-order valence-electron chi connectivity index (χ4n) is 3.86. The molecule has 1 amide bonds. The monoisotopic (exact) mass is 346 g/mol. The van der Waals surface area contributed by atoms with Gasteiger partial charge in [-0.1, -0.05) is 0 Å². The molecule has 0 unspecified atom stereocenters. The largest absolute Gasteiger partial charge is 0.336 e. The molecule has 2 aromatic heterocycles. The lowest BCUT2D eigenvalue weighted by atomic mass is 9.78. The molecule has 4 heterocycles. The molecule has 8 heteroatoms. The Hall–Kier alpha value is -1.80. The average Bonchev–Trinajstić information content (AvgIpc) is 3.31. The highest BCUT2D eigenvalue weighted by atomic mass is 32.1. The first-order valence-corrected chi connectivity index (χ1v) is 9.27. The zero-order valence-electron chi connectivity index (χ0n) is 13.9. The number of nitrogens with zero attached hydrogens (tertiary/aromatic N) is 6. The van der Waals surface area contributed by atoms with Crippen molar-refractivity contribution in [3.63, 3.8) is 0 Å². The van der Waals surface area contributed by atoms with Crippen molar-refractivity contribution in [3.8, 4) is 0 Å². The van der Waals surface area contributed by atoms with Crippen LogP contribution < -0.4 is 0 Å². The molecule has 24 heavy (non-hydrogen) atoms. The number of hydrogen-bond acceptors (Lipinski definition) is 6. The van der Waals surface area contributed by atoms with Gasteiger partial charge < -0.3 is 4.90 Å². The van der Waals surface area contributed by atoms with Crippen LogP contribution in [0.2, 0.25) is 0 Å². The topological polar surface area (TPSA) is 67.2 Å². The lowest BCUT2D eigenvalue weighted by Gasteiger charge is -2.39. The molecule has 0 aliphatic carbocycles. The molecular formula is C16H22N6OS. The van der Waals surface area contributed by atoms with Gasteiger partial charge in [0.1, 0.15) is 11.3 Å². The van der Waals surface area contributed by atoms with Gasteiger partial charge in [0.25, 0.3) is 5.91 Å². The van der Waals surface area contributed by atoms with E-state index in [-0.39, 0.29) is 5.91 Å². The molecule has 2 aliphatic rings. The van der Waals surface area contributed by atoms with Gasteiger partial charge in [-0.15, -0.1) is 16.4 Å². The van der Waals surface area contributed by atoms with E-state index in [0.717, 1.165) is 45.6 Å². The van der Waals surface area contributed by atoms with Gasteiger partial charge in [0.15, 0.2) is 0 Å². The molecule has 7 nitrogen and oxygen atoms in total. The van der Waals surface area contributed by atoms with E-state index in [1.165, 1.54) is 11.4 Å². The van der Waals surface area contributed by atoms with Crippen LogP contribution in [0.1, 0.15) is 34.9 Å². The van der Waals surface area contributed by atoms with Crippen molar-refractivity contribution < 1.29 is 4.79 Å². The summed E-state index contributed by atoms with van der Waals surface area (Å²) < 4.78 is 1.58. The van der Waals surface area contributed by atoms with Crippen molar-refractivity contribution in [1.82, 2.24) is 29.5 Å². The van der Waals surface area contributed by atoms with E-state index in [0.29, 0.717) is 11.2 Å². The number of amides is 1. The molecular weight excluding hydrogens is 324 g/mol. The fourth-order valence-corrected chi connectivity index (χ4v) is 4.51. The highest BCUT2D eigenvalue weighted by molar-refractivity contribution is 7.09. The first kappa shape index (κ1) is 15.7. The molecule has 0 bridgehead atoms. The predicted octanol–water partition coefficient (Wildman–Crippen LogP) is 1.40. The van der Waals surface area contributed by atoms with Crippen LogP contribution in [0.25, 0.3) is 0 Å². The minimum Gasteiger partial charge on any atom is -0.336 e. The van der Waals surface area contributed by atoms with Gasteiger partial charge in [-0.05, 0) is 31.2 Å². The summed E-state index contributed by atoms with van der Waals surface area (Å²) >= 11 is 1.73. The summed E-state index contributed by atoms with van der Waals surface area (Å²) in [5, 5.41) is 7.36. The summed E-state index contributed by atoms with van der Waals surface area (Å²) in [7, 11) is 1.78. The summed E-state index contributed by atoms with van der Waals surface area (Å²) in [6.07, 6.45) is 6.82. The normalized spacial score (nSPS) is 20.8. The maximum atomic E-state index is 12.5. The van der Waals surface area contributed by atoms with Crippen LogP contribution >= 0.6 is 11.3 Å². The van der Waals surface area contributed by atoms with E-state index < -0.39 is 0 Å². The second-order valence-electron chi connectivity index (χ2n) is 6.92. The number of carbonyl (C=O) groups is 1. The Labute approximate surface area is 145 Å². The van der Waals surface area contributed by atoms with Crippen molar-refractivity contribution in [2.75, 3.05) is 26.2 Å². The van der Waals surface area contributed by atoms with E-state index in [4.69, 9.17) is 0 Å². The van der Waals surface area contributed by atoms with Crippen LogP contribution in [0.5, 0.6) is 0 Å². The van der Waals surface area contributed by atoms with Crippen molar-refractivity contribution in [3.05, 3.63) is 28.7 Å². The highest BCUT2D eigenvalue weighted by Crippen LogP contribution is 2.41. The minimum absolute atomic E-state index is 0.0388. The van der Waals surface area contributed by atoms with Gasteiger partial charge in [-0.25, -0.2) is 9.97 Å². The van der Waals surface area contributed by atoms with Gasteiger partial charge in [-0.2, -0.15) is 0 Å². The molecule has 0 aromatic carbocycles. The zero-order valence-corrected chi connectivity index (χ0v) is 14.7. The van der Waals surface area contributed by atoms with Crippen molar-refractivity contribution in [1.29, 1.82) is 0 Å². The first-order valence-electron chi connectivity index (χ1n) is 8.39. The SMILES string of the molecule is Cn1cnc(C(=O)N2CCC3(CCN(Cc4nccs4)C3)CC2)n1. The third-order valence-electron chi connectivity index (χ3n) is 5.26. The van der Waals surface area contributed by atoms with E-state index in [1.54, 1.807) is 29.4 Å². The molecule has 1 spiro atoms. The number of hydrogen-bond donors (Lipinski definition) is 0. The van der Waals surface area contributed by atoms with Crippen LogP contribution in [0.4, 0.5) is 0 Å². The van der Waals surface area contributed by atoms with Crippen molar-refractivity contribution in [2.45, 2.75) is 25.8 Å². The summed E-state index contributed by atoms with van der Waals surface area (Å²) in [6.45, 7) is 4.83. The smallest absolute Gasteiger partial charge is 0.293 e. The van der Waals surface area contributed by atoms with Crippen LogP contribution in [0.3, 0.4) is 0 Å². The van der Waals surface area contributed by atoms with Crippen molar-refractivity contribution in [2.24, 2.45) is 12.5 Å². The number of rotatable bonds is 3. The molecule has 128 valence electrons. The number of aromatic nitrogens is 4. The molecule has 2 aromatic rings. The van der Waals surface area contributed by atoms with E-state index in [1.807, 2.05) is 16.5 Å². The fraction of sp³-hybridized carbons (Fsp3) is 0.625. The maximum absolute atomic E-state index is 12.5. The summed E-state index contributed by atoms with van der Waals surface area (Å²) in [5.41, 5.74) is 0.367. The molecule has 2 aliphatic heterocycles. The second-order valence-corrected chi connectivity index (χ2v) is 7.90. The Morgan fingerprint density at radius 3 is 2.71 bits per heavy atom. The molecule has 0 atom stereocenters. The van der Waals surface area contributed by atoms with Crippen LogP contribution in [-0.4, -0.2) is 61.6 Å². The van der Waals surface area contributed by atoms with E-state index >= 15 is 0 Å². The Balaban J connectivity index is 1.33. The van der Waals surface area contributed by atoms with E-state index in [9.17, 15) is 4.79 Å². The predicted molar refractivity (Wildman–Crippen MR) is 90.6 cm³/mol. The van der Waals surface area contributed by atoms with Crippen LogP contribution in [0.15, 0.2) is 17.9 Å². The van der Waals surface area contributed by atoms with Gasteiger partial charge in [0.05, 0.1) is 6.54 Å². The lowest BCUT2D eigenvalue weighted by Crippen LogP contribution is -2.44. The Bertz CT molecular complexity index is 704. The first-order chi connectivity index (χ1) is 11.6. The minimum atomic E-state index is -0.0388. The third-order valence-corrected chi connectivity index (χ3v) is 6.03. The molecule has 2 fully saturated rings. The molecule has 4 rings (SSSR count). The van der Waals surface area contributed by atoms with Gasteiger partial charge >= 0.3 is 0 Å². The third kappa shape index (κ3) is 3.08. The number of likely N-dealkylation sites (tertiary alicyclic amines) is 2. The van der Waals surface area contributed by atoms with Crippen molar-refractivity contribution >= 4 is 17.2 Å². The van der Waals surface area contributed by atoms with Gasteiger partial charge in [-0.3, -0.25) is 14.4 Å². The lowest BCUT2D eigenvalue weighted by molar-refractivity contribution is 0.0576. The molecule has 2 saturated heterocycles. The maximum Gasteiger partial charge on any atom is 0.293 e. The summed E-state index contributed by atoms with van der Waals surface area (Å²) in [4.78, 5) is 25.4. The Kier molecular flexibility index (Phi) is 4.09. The van der Waals surface area contributed by atoms with E-state index in [2.05, 4.69) is 20.0 Å². The number of thiazole rings is 1. The van der Waals surface area contributed by atoms with Crippen LogP contribution in [-0.2, 0) is 13.6 Å². The highest BCUT2D eigenvalue weighted by Gasteiger charge is 2.41. The molecule has 0 saturated carbocycles.